The van der Waals surface area contributed by atoms with Gasteiger partial charge in [0, 0.05) is 25.4 Å². The van der Waals surface area contributed by atoms with E-state index in [4.69, 9.17) is 4.74 Å². The van der Waals surface area contributed by atoms with Crippen molar-refractivity contribution in [2.75, 3.05) is 0 Å². The van der Waals surface area contributed by atoms with Crippen molar-refractivity contribution in [1.29, 1.82) is 0 Å². The molecule has 0 fully saturated rings. The Labute approximate surface area is 86.3 Å². The molecule has 0 aliphatic carbocycles. The van der Waals surface area contributed by atoms with Gasteiger partial charge in [-0.15, -0.1) is 0 Å². The van der Waals surface area contributed by atoms with E-state index in [-0.39, 0.29) is 11.8 Å². The first-order valence-electron chi connectivity index (χ1n) is 4.41. The molecule has 5 nitrogen and oxygen atoms in total. The van der Waals surface area contributed by atoms with E-state index in [2.05, 4.69) is 10.1 Å². The second kappa shape index (κ2) is 3.91. The third kappa shape index (κ3) is 2.19. The van der Waals surface area contributed by atoms with Crippen LogP contribution in [0.4, 0.5) is 0 Å². The zero-order chi connectivity index (χ0) is 10.7. The topological polar surface area (TPSA) is 57.0 Å². The number of aromatic nitrogens is 3. The zero-order valence-electron chi connectivity index (χ0n) is 8.12. The van der Waals surface area contributed by atoms with Gasteiger partial charge in [-0.25, -0.2) is 4.68 Å². The molecule has 0 radical (unpaired) electrons. The molecule has 2 aromatic rings. The molecule has 0 bridgehead atoms. The van der Waals surface area contributed by atoms with E-state index in [0.717, 1.165) is 0 Å². The lowest BCUT2D eigenvalue weighted by Gasteiger charge is -2.03. The molecule has 0 N–H and O–H groups in total. The minimum absolute atomic E-state index is 0.274. The molecule has 5 heteroatoms. The Bertz CT molecular complexity index is 465. The summed E-state index contributed by atoms with van der Waals surface area (Å²) in [4.78, 5) is 14.8. The van der Waals surface area contributed by atoms with E-state index in [0.29, 0.717) is 5.82 Å². The number of carbonyl (C=O) groups is 1. The maximum Gasteiger partial charge on any atom is 0.309 e. The predicted octanol–water partition coefficient (Wildman–Crippen LogP) is 1.19. The Hall–Kier alpha value is -2.17. The highest BCUT2D eigenvalue weighted by Crippen LogP contribution is 2.10. The highest BCUT2D eigenvalue weighted by atomic mass is 16.5. The van der Waals surface area contributed by atoms with Crippen molar-refractivity contribution in [3.63, 3.8) is 0 Å². The van der Waals surface area contributed by atoms with Gasteiger partial charge < -0.3 is 4.74 Å². The number of esters is 1. The smallest absolute Gasteiger partial charge is 0.309 e. The molecular weight excluding hydrogens is 194 g/mol. The summed E-state index contributed by atoms with van der Waals surface area (Å²) in [6.07, 6.45) is 3.42. The Morgan fingerprint density at radius 3 is 2.93 bits per heavy atom. The molecule has 15 heavy (non-hydrogen) atoms. The van der Waals surface area contributed by atoms with Gasteiger partial charge in [0.2, 0.25) is 5.88 Å². The van der Waals surface area contributed by atoms with Crippen molar-refractivity contribution in [2.45, 2.75) is 6.92 Å². The molecule has 0 aromatic carbocycles. The minimum Gasteiger partial charge on any atom is -0.408 e. The van der Waals surface area contributed by atoms with Crippen molar-refractivity contribution >= 4 is 5.97 Å². The quantitative estimate of drug-likeness (QED) is 0.688. The van der Waals surface area contributed by atoms with Gasteiger partial charge in [-0.05, 0) is 12.1 Å². The first-order valence-corrected chi connectivity index (χ1v) is 4.41. The van der Waals surface area contributed by atoms with E-state index in [9.17, 15) is 4.79 Å². The van der Waals surface area contributed by atoms with Crippen LogP contribution in [0.2, 0.25) is 0 Å². The van der Waals surface area contributed by atoms with Gasteiger partial charge in [-0.2, -0.15) is 10.1 Å². The first kappa shape index (κ1) is 9.39. The largest absolute Gasteiger partial charge is 0.408 e. The van der Waals surface area contributed by atoms with Crippen LogP contribution in [0.5, 0.6) is 5.88 Å². The summed E-state index contributed by atoms with van der Waals surface area (Å²) in [6, 6.07) is 6.94. The van der Waals surface area contributed by atoms with Crippen molar-refractivity contribution in [2.24, 2.45) is 0 Å². The Morgan fingerprint density at radius 2 is 2.27 bits per heavy atom. The second-order valence-electron chi connectivity index (χ2n) is 2.88. The van der Waals surface area contributed by atoms with Crippen LogP contribution in [-0.2, 0) is 4.79 Å². The Kier molecular flexibility index (Phi) is 2.45. The molecule has 76 valence electrons. The van der Waals surface area contributed by atoms with Crippen LogP contribution in [0.3, 0.4) is 0 Å². The fourth-order valence-corrected chi connectivity index (χ4v) is 1.14. The van der Waals surface area contributed by atoms with Gasteiger partial charge >= 0.3 is 5.97 Å². The standard InChI is InChI=1S/C10H9N3O2/c1-8(14)15-10-5-2-4-9(12-10)13-7-3-6-11-13/h2-7H,1H3. The molecule has 0 saturated carbocycles. The molecule has 0 spiro atoms. The van der Waals surface area contributed by atoms with Crippen LogP contribution in [0.1, 0.15) is 6.92 Å². The lowest BCUT2D eigenvalue weighted by atomic mass is 10.4. The van der Waals surface area contributed by atoms with Gasteiger partial charge in [0.05, 0.1) is 0 Å². The minimum atomic E-state index is -0.389. The molecule has 0 atom stereocenters. The average molecular weight is 203 g/mol. The fraction of sp³-hybridized carbons (Fsp3) is 0.100. The van der Waals surface area contributed by atoms with Crippen molar-refractivity contribution in [3.05, 3.63) is 36.7 Å². The molecule has 2 rings (SSSR count). The molecule has 2 aromatic heterocycles. The Morgan fingerprint density at radius 1 is 1.40 bits per heavy atom. The molecule has 2 heterocycles. The van der Waals surface area contributed by atoms with Crippen molar-refractivity contribution < 1.29 is 9.53 Å². The third-order valence-corrected chi connectivity index (χ3v) is 1.70. The van der Waals surface area contributed by atoms with Gasteiger partial charge in [0.25, 0.3) is 0 Å². The average Bonchev–Trinajstić information content (AvgIpc) is 2.69. The predicted molar refractivity (Wildman–Crippen MR) is 52.7 cm³/mol. The summed E-state index contributed by atoms with van der Waals surface area (Å²) < 4.78 is 6.45. The van der Waals surface area contributed by atoms with E-state index in [1.165, 1.54) is 6.92 Å². The van der Waals surface area contributed by atoms with E-state index in [1.54, 1.807) is 41.3 Å². The fourth-order valence-electron chi connectivity index (χ4n) is 1.14. The SMILES string of the molecule is CC(=O)Oc1cccc(-n2cccn2)n1. The monoisotopic (exact) mass is 203 g/mol. The summed E-state index contributed by atoms with van der Waals surface area (Å²) in [5.41, 5.74) is 0. The summed E-state index contributed by atoms with van der Waals surface area (Å²) in [7, 11) is 0. The normalized spacial score (nSPS) is 9.93. The van der Waals surface area contributed by atoms with Gasteiger partial charge in [0.15, 0.2) is 5.82 Å². The number of nitrogens with zero attached hydrogens (tertiary/aromatic N) is 3. The van der Waals surface area contributed by atoms with E-state index in [1.807, 2.05) is 0 Å². The van der Waals surface area contributed by atoms with Gasteiger partial charge in [-0.3, -0.25) is 4.79 Å². The van der Waals surface area contributed by atoms with Gasteiger partial charge in [0.1, 0.15) is 0 Å². The molecule has 0 saturated heterocycles. The molecule has 0 aliphatic heterocycles. The van der Waals surface area contributed by atoms with Crippen LogP contribution < -0.4 is 4.74 Å². The van der Waals surface area contributed by atoms with Crippen LogP contribution >= 0.6 is 0 Å². The molecular formula is C10H9N3O2. The molecule has 0 unspecified atom stereocenters. The number of rotatable bonds is 2. The molecule has 0 amide bonds. The maximum atomic E-state index is 10.7. The Balaban J connectivity index is 2.31. The maximum absolute atomic E-state index is 10.7. The van der Waals surface area contributed by atoms with Crippen molar-refractivity contribution in [1.82, 2.24) is 14.8 Å². The lowest BCUT2D eigenvalue weighted by molar-refractivity contribution is -0.132. The highest BCUT2D eigenvalue weighted by molar-refractivity contribution is 5.68. The lowest BCUT2D eigenvalue weighted by Crippen LogP contribution is -2.05. The number of ether oxygens (including phenoxy) is 1. The number of carbonyl (C=O) groups excluding carboxylic acids is 1. The van der Waals surface area contributed by atoms with Crippen LogP contribution in [0.25, 0.3) is 5.82 Å². The summed E-state index contributed by atoms with van der Waals surface area (Å²) in [5.74, 6) is 0.495. The third-order valence-electron chi connectivity index (χ3n) is 1.70. The second-order valence-corrected chi connectivity index (χ2v) is 2.88. The zero-order valence-corrected chi connectivity index (χ0v) is 8.12. The van der Waals surface area contributed by atoms with Crippen LogP contribution in [0, 0.1) is 0 Å². The number of pyridine rings is 1. The van der Waals surface area contributed by atoms with Crippen LogP contribution in [-0.4, -0.2) is 20.7 Å². The summed E-state index contributed by atoms with van der Waals surface area (Å²) >= 11 is 0. The summed E-state index contributed by atoms with van der Waals surface area (Å²) in [6.45, 7) is 1.34. The number of hydrogen-bond donors (Lipinski definition) is 0. The molecule has 0 aliphatic rings. The number of hydrogen-bond acceptors (Lipinski definition) is 4. The van der Waals surface area contributed by atoms with E-state index >= 15 is 0 Å². The summed E-state index contributed by atoms with van der Waals surface area (Å²) in [5, 5.41) is 4.02. The van der Waals surface area contributed by atoms with Crippen LogP contribution in [0.15, 0.2) is 36.7 Å². The first-order chi connectivity index (χ1) is 7.25. The van der Waals surface area contributed by atoms with E-state index < -0.39 is 0 Å². The van der Waals surface area contributed by atoms with Gasteiger partial charge in [-0.1, -0.05) is 6.07 Å². The highest BCUT2D eigenvalue weighted by Gasteiger charge is 2.02. The van der Waals surface area contributed by atoms with Crippen molar-refractivity contribution in [3.8, 4) is 11.7 Å².